The summed E-state index contributed by atoms with van der Waals surface area (Å²) in [6, 6.07) is 8.99. The molecule has 112 valence electrons. The standard InChI is InChI=1S/C18H29NS/c1-4-9-19-12-15(10-14(2)3)11-16-13-20-18-8-6-5-7-17(16)18/h5-8,14-16,19H,4,9-13H2,1-3H3. The summed E-state index contributed by atoms with van der Waals surface area (Å²) < 4.78 is 0. The van der Waals surface area contributed by atoms with Gasteiger partial charge in [0.05, 0.1) is 0 Å². The van der Waals surface area contributed by atoms with Gasteiger partial charge in [0, 0.05) is 10.6 Å². The fraction of sp³-hybridized carbons (Fsp3) is 0.667. The van der Waals surface area contributed by atoms with Crippen LogP contribution >= 0.6 is 11.8 Å². The monoisotopic (exact) mass is 291 g/mol. The molecule has 1 aromatic carbocycles. The van der Waals surface area contributed by atoms with Gasteiger partial charge in [-0.2, -0.15) is 0 Å². The molecule has 0 spiro atoms. The minimum Gasteiger partial charge on any atom is -0.316 e. The third-order valence-corrected chi connectivity index (χ3v) is 5.33. The van der Waals surface area contributed by atoms with Gasteiger partial charge >= 0.3 is 0 Å². The highest BCUT2D eigenvalue weighted by Crippen LogP contribution is 2.42. The van der Waals surface area contributed by atoms with E-state index in [1.54, 1.807) is 5.56 Å². The van der Waals surface area contributed by atoms with Crippen molar-refractivity contribution in [3.63, 3.8) is 0 Å². The van der Waals surface area contributed by atoms with E-state index < -0.39 is 0 Å². The fourth-order valence-electron chi connectivity index (χ4n) is 3.24. The Bertz CT molecular complexity index is 402. The maximum atomic E-state index is 3.63. The average molecular weight is 292 g/mol. The molecular weight excluding hydrogens is 262 g/mol. The number of nitrogens with one attached hydrogen (secondary N) is 1. The van der Waals surface area contributed by atoms with Crippen LogP contribution in [0.25, 0.3) is 0 Å². The summed E-state index contributed by atoms with van der Waals surface area (Å²) in [6.07, 6.45) is 3.93. The second-order valence-corrected chi connectivity index (χ2v) is 7.54. The Morgan fingerprint density at radius 3 is 2.85 bits per heavy atom. The Balaban J connectivity index is 1.93. The molecule has 1 N–H and O–H groups in total. The third kappa shape index (κ3) is 4.53. The van der Waals surface area contributed by atoms with E-state index >= 15 is 0 Å². The smallest absolute Gasteiger partial charge is 0.0107 e. The van der Waals surface area contributed by atoms with Gasteiger partial charge in [0.2, 0.25) is 0 Å². The Kier molecular flexibility index (Phi) is 6.44. The molecular formula is C18H29NS. The van der Waals surface area contributed by atoms with E-state index in [1.165, 1.54) is 36.5 Å². The predicted octanol–water partition coefficient (Wildman–Crippen LogP) is 4.93. The SMILES string of the molecule is CCCNCC(CC(C)C)CC1CSc2ccccc21. The zero-order chi connectivity index (χ0) is 14.4. The van der Waals surface area contributed by atoms with Crippen molar-refractivity contribution in [1.82, 2.24) is 5.32 Å². The van der Waals surface area contributed by atoms with E-state index in [1.807, 2.05) is 11.8 Å². The molecule has 0 fully saturated rings. The van der Waals surface area contributed by atoms with Crippen molar-refractivity contribution in [2.45, 2.75) is 50.8 Å². The number of fused-ring (bicyclic) bond motifs is 1. The summed E-state index contributed by atoms with van der Waals surface area (Å²) in [5.41, 5.74) is 1.60. The summed E-state index contributed by atoms with van der Waals surface area (Å²) in [7, 11) is 0. The Hall–Kier alpha value is -0.470. The molecule has 1 nitrogen and oxygen atoms in total. The lowest BCUT2D eigenvalue weighted by molar-refractivity contribution is 0.350. The van der Waals surface area contributed by atoms with E-state index in [0.29, 0.717) is 0 Å². The largest absolute Gasteiger partial charge is 0.316 e. The maximum Gasteiger partial charge on any atom is 0.0107 e. The van der Waals surface area contributed by atoms with E-state index in [2.05, 4.69) is 50.4 Å². The summed E-state index contributed by atoms with van der Waals surface area (Å²) in [5, 5.41) is 3.63. The van der Waals surface area contributed by atoms with E-state index in [4.69, 9.17) is 0 Å². The van der Waals surface area contributed by atoms with Crippen molar-refractivity contribution in [2.24, 2.45) is 11.8 Å². The first-order valence-corrected chi connectivity index (χ1v) is 9.11. The van der Waals surface area contributed by atoms with Gasteiger partial charge in [-0.3, -0.25) is 0 Å². The summed E-state index contributed by atoms with van der Waals surface area (Å²) in [6.45, 7) is 9.29. The minimum absolute atomic E-state index is 0.767. The van der Waals surface area contributed by atoms with Crippen LogP contribution in [0.15, 0.2) is 29.2 Å². The molecule has 1 aliphatic heterocycles. The second-order valence-electron chi connectivity index (χ2n) is 6.48. The van der Waals surface area contributed by atoms with Gasteiger partial charge in [-0.25, -0.2) is 0 Å². The van der Waals surface area contributed by atoms with Crippen LogP contribution < -0.4 is 5.32 Å². The van der Waals surface area contributed by atoms with Crippen molar-refractivity contribution in [2.75, 3.05) is 18.8 Å². The zero-order valence-electron chi connectivity index (χ0n) is 13.2. The van der Waals surface area contributed by atoms with Crippen LogP contribution in [0.3, 0.4) is 0 Å². The van der Waals surface area contributed by atoms with Crippen LogP contribution in [-0.4, -0.2) is 18.8 Å². The van der Waals surface area contributed by atoms with E-state index in [0.717, 1.165) is 24.3 Å². The van der Waals surface area contributed by atoms with Gasteiger partial charge in [0.15, 0.2) is 0 Å². The number of hydrogen-bond acceptors (Lipinski definition) is 2. The molecule has 0 saturated heterocycles. The van der Waals surface area contributed by atoms with E-state index in [9.17, 15) is 0 Å². The average Bonchev–Trinajstić information content (AvgIpc) is 2.82. The third-order valence-electron chi connectivity index (χ3n) is 4.08. The molecule has 1 heterocycles. The topological polar surface area (TPSA) is 12.0 Å². The highest BCUT2D eigenvalue weighted by molar-refractivity contribution is 7.99. The maximum absolute atomic E-state index is 3.63. The molecule has 2 heteroatoms. The Labute approximate surface area is 128 Å². The van der Waals surface area contributed by atoms with Crippen LogP contribution in [-0.2, 0) is 0 Å². The van der Waals surface area contributed by atoms with Crippen molar-refractivity contribution in [3.8, 4) is 0 Å². The highest BCUT2D eigenvalue weighted by Gasteiger charge is 2.25. The molecule has 20 heavy (non-hydrogen) atoms. The van der Waals surface area contributed by atoms with Gasteiger partial charge in [0.25, 0.3) is 0 Å². The molecule has 0 saturated carbocycles. The molecule has 0 bridgehead atoms. The summed E-state index contributed by atoms with van der Waals surface area (Å²) in [4.78, 5) is 1.52. The fourth-order valence-corrected chi connectivity index (χ4v) is 4.51. The molecule has 2 rings (SSSR count). The quantitative estimate of drug-likeness (QED) is 0.682. The summed E-state index contributed by atoms with van der Waals surface area (Å²) >= 11 is 2.04. The lowest BCUT2D eigenvalue weighted by Crippen LogP contribution is -2.26. The van der Waals surface area contributed by atoms with Crippen LogP contribution in [0, 0.1) is 11.8 Å². The minimum atomic E-state index is 0.767. The van der Waals surface area contributed by atoms with Gasteiger partial charge < -0.3 is 5.32 Å². The lowest BCUT2D eigenvalue weighted by atomic mass is 9.85. The zero-order valence-corrected chi connectivity index (χ0v) is 14.0. The van der Waals surface area contributed by atoms with Gasteiger partial charge in [-0.15, -0.1) is 11.8 Å². The molecule has 0 amide bonds. The van der Waals surface area contributed by atoms with Crippen molar-refractivity contribution in [3.05, 3.63) is 29.8 Å². The normalized spacial score (nSPS) is 19.3. The Morgan fingerprint density at radius 1 is 1.30 bits per heavy atom. The molecule has 1 aromatic rings. The number of thioether (sulfide) groups is 1. The van der Waals surface area contributed by atoms with Gasteiger partial charge in [0.1, 0.15) is 0 Å². The number of benzene rings is 1. The molecule has 0 aliphatic carbocycles. The molecule has 0 aromatic heterocycles. The Morgan fingerprint density at radius 2 is 2.10 bits per heavy atom. The second kappa shape index (κ2) is 8.09. The predicted molar refractivity (Wildman–Crippen MR) is 90.6 cm³/mol. The molecule has 0 radical (unpaired) electrons. The first-order valence-electron chi connectivity index (χ1n) is 8.13. The summed E-state index contributed by atoms with van der Waals surface area (Å²) in [5.74, 6) is 3.66. The van der Waals surface area contributed by atoms with Crippen LogP contribution in [0.4, 0.5) is 0 Å². The van der Waals surface area contributed by atoms with Crippen LogP contribution in [0.1, 0.15) is 51.5 Å². The lowest BCUT2D eigenvalue weighted by Gasteiger charge is -2.23. The molecule has 2 unspecified atom stereocenters. The van der Waals surface area contributed by atoms with Crippen molar-refractivity contribution >= 4 is 11.8 Å². The highest BCUT2D eigenvalue weighted by atomic mass is 32.2. The first kappa shape index (κ1) is 15.9. The van der Waals surface area contributed by atoms with Gasteiger partial charge in [-0.05, 0) is 61.7 Å². The van der Waals surface area contributed by atoms with Crippen LogP contribution in [0.2, 0.25) is 0 Å². The van der Waals surface area contributed by atoms with Crippen LogP contribution in [0.5, 0.6) is 0 Å². The van der Waals surface area contributed by atoms with Gasteiger partial charge in [-0.1, -0.05) is 39.0 Å². The van der Waals surface area contributed by atoms with E-state index in [-0.39, 0.29) is 0 Å². The first-order chi connectivity index (χ1) is 9.70. The molecule has 1 aliphatic rings. The molecule has 2 atom stereocenters. The number of rotatable bonds is 8. The van der Waals surface area contributed by atoms with Crippen molar-refractivity contribution in [1.29, 1.82) is 0 Å². The number of hydrogen-bond donors (Lipinski definition) is 1. The van der Waals surface area contributed by atoms with Crippen molar-refractivity contribution < 1.29 is 0 Å².